The second-order valence-electron chi connectivity index (χ2n) is 6.92. The van der Waals surface area contributed by atoms with Crippen LogP contribution in [0, 0.1) is 0 Å². The second-order valence-corrected chi connectivity index (χ2v) is 8.67. The molecule has 9 heteroatoms. The molecule has 156 valence electrons. The summed E-state index contributed by atoms with van der Waals surface area (Å²) in [4.78, 5) is 20.4. The number of hydrogen-bond acceptors (Lipinski definition) is 5. The molecule has 2 N–H and O–H groups in total. The lowest BCUT2D eigenvalue weighted by atomic mass is 10.1. The Kier molecular flexibility index (Phi) is 5.21. The molecule has 7 nitrogen and oxygen atoms in total. The van der Waals surface area contributed by atoms with E-state index in [9.17, 15) is 4.79 Å². The number of thiazole rings is 1. The van der Waals surface area contributed by atoms with E-state index in [-0.39, 0.29) is 12.5 Å². The van der Waals surface area contributed by atoms with Crippen molar-refractivity contribution in [2.75, 3.05) is 18.5 Å². The first-order valence-corrected chi connectivity index (χ1v) is 11.4. The smallest absolute Gasteiger partial charge is 0.262 e. The average Bonchev–Trinajstić information content (AvgIpc) is 3.35. The topological polar surface area (TPSA) is 83.8 Å². The summed E-state index contributed by atoms with van der Waals surface area (Å²) in [6.07, 6.45) is 3.77. The lowest BCUT2D eigenvalue weighted by Crippen LogP contribution is -2.25. The number of carbonyl (C=O) groups excluding carboxylic acids is 1. The minimum Gasteiger partial charge on any atom is -0.482 e. The molecule has 5 rings (SSSR count). The van der Waals surface area contributed by atoms with Crippen molar-refractivity contribution >= 4 is 56.0 Å². The lowest BCUT2D eigenvalue weighted by Gasteiger charge is -2.18. The molecule has 2 aromatic carbocycles. The quantitative estimate of drug-likeness (QED) is 0.405. The first-order chi connectivity index (χ1) is 15.1. The third-order valence-corrected chi connectivity index (χ3v) is 6.22. The molecule has 4 aromatic rings. The summed E-state index contributed by atoms with van der Waals surface area (Å²) < 4.78 is 8.32. The van der Waals surface area contributed by atoms with Crippen molar-refractivity contribution in [1.82, 2.24) is 9.66 Å². The highest BCUT2D eigenvalue weighted by Crippen LogP contribution is 2.33. The van der Waals surface area contributed by atoms with Gasteiger partial charge in [-0.05, 0) is 43.3 Å². The first-order valence-electron chi connectivity index (χ1n) is 9.71. The van der Waals surface area contributed by atoms with E-state index in [0.717, 1.165) is 37.0 Å². The number of carbonyl (C=O) groups is 1. The van der Waals surface area contributed by atoms with Crippen molar-refractivity contribution in [3.63, 3.8) is 0 Å². The molecule has 0 saturated heterocycles. The monoisotopic (exact) mass is 495 g/mol. The molecule has 0 saturated carbocycles. The van der Waals surface area contributed by atoms with Crippen molar-refractivity contribution in [2.45, 2.75) is 6.92 Å². The zero-order valence-electron chi connectivity index (χ0n) is 16.6. The van der Waals surface area contributed by atoms with Gasteiger partial charge < -0.3 is 15.0 Å². The number of nitrogens with one attached hydrogen (secondary N) is 2. The van der Waals surface area contributed by atoms with E-state index in [1.807, 2.05) is 59.7 Å². The van der Waals surface area contributed by atoms with Crippen molar-refractivity contribution in [1.29, 1.82) is 0 Å². The summed E-state index contributed by atoms with van der Waals surface area (Å²) >= 11 is 5.06. The van der Waals surface area contributed by atoms with Gasteiger partial charge in [0.25, 0.3) is 5.91 Å². The van der Waals surface area contributed by atoms with Crippen LogP contribution in [-0.2, 0) is 4.79 Å². The predicted octanol–water partition coefficient (Wildman–Crippen LogP) is 4.59. The maximum Gasteiger partial charge on any atom is 0.262 e. The summed E-state index contributed by atoms with van der Waals surface area (Å²) in [6, 6.07) is 11.8. The van der Waals surface area contributed by atoms with Gasteiger partial charge in [0.1, 0.15) is 5.75 Å². The van der Waals surface area contributed by atoms with E-state index >= 15 is 0 Å². The van der Waals surface area contributed by atoms with E-state index in [0.29, 0.717) is 18.0 Å². The SMILES string of the molecule is CCN=c1scc(-c2ccc3c(c2)NC(=O)CO3)n1N=Cc1c[nH]c2ccc(Br)cc12. The Balaban J connectivity index is 1.59. The minimum atomic E-state index is -0.159. The first kappa shape index (κ1) is 19.8. The molecule has 1 aliphatic rings. The normalized spacial score (nSPS) is 14.1. The number of anilines is 1. The van der Waals surface area contributed by atoms with Crippen molar-refractivity contribution < 1.29 is 9.53 Å². The molecule has 3 heterocycles. The number of amides is 1. The van der Waals surface area contributed by atoms with Gasteiger partial charge in [-0.15, -0.1) is 11.3 Å². The third kappa shape index (κ3) is 3.82. The van der Waals surface area contributed by atoms with Crippen molar-refractivity contribution in [3.05, 3.63) is 62.8 Å². The van der Waals surface area contributed by atoms with Crippen LogP contribution in [0.25, 0.3) is 22.2 Å². The Morgan fingerprint density at radius 3 is 3.06 bits per heavy atom. The van der Waals surface area contributed by atoms with Crippen LogP contribution in [0.15, 0.2) is 62.5 Å². The molecule has 0 spiro atoms. The highest BCUT2D eigenvalue weighted by molar-refractivity contribution is 9.10. The molecule has 2 aromatic heterocycles. The van der Waals surface area contributed by atoms with Gasteiger partial charge >= 0.3 is 0 Å². The molecule has 0 radical (unpaired) electrons. The van der Waals surface area contributed by atoms with Gasteiger partial charge in [0.2, 0.25) is 4.80 Å². The Labute approximate surface area is 190 Å². The average molecular weight is 496 g/mol. The van der Waals surface area contributed by atoms with Crippen LogP contribution >= 0.6 is 27.3 Å². The van der Waals surface area contributed by atoms with Gasteiger partial charge in [-0.1, -0.05) is 15.9 Å². The second kappa shape index (κ2) is 8.16. The molecule has 0 bridgehead atoms. The Morgan fingerprint density at radius 1 is 1.29 bits per heavy atom. The van der Waals surface area contributed by atoms with Crippen LogP contribution < -0.4 is 14.9 Å². The molecule has 0 fully saturated rings. The number of hydrogen-bond donors (Lipinski definition) is 2. The number of rotatable bonds is 4. The number of halogens is 1. The zero-order chi connectivity index (χ0) is 21.4. The van der Waals surface area contributed by atoms with E-state index in [1.165, 1.54) is 11.3 Å². The van der Waals surface area contributed by atoms with Crippen LogP contribution in [0.5, 0.6) is 5.75 Å². The molecule has 0 atom stereocenters. The van der Waals surface area contributed by atoms with Gasteiger partial charge in [-0.3, -0.25) is 9.79 Å². The molecule has 0 aliphatic carbocycles. The molecular weight excluding hydrogens is 478 g/mol. The summed E-state index contributed by atoms with van der Waals surface area (Å²) in [5.41, 5.74) is 4.49. The molecule has 0 unspecified atom stereocenters. The largest absolute Gasteiger partial charge is 0.482 e. The number of nitrogens with zero attached hydrogens (tertiary/aromatic N) is 3. The summed E-state index contributed by atoms with van der Waals surface area (Å²) in [5.74, 6) is 0.504. The number of ether oxygens (including phenoxy) is 1. The highest BCUT2D eigenvalue weighted by atomic mass is 79.9. The third-order valence-electron chi connectivity index (χ3n) is 4.87. The van der Waals surface area contributed by atoms with Crippen LogP contribution in [0.1, 0.15) is 12.5 Å². The lowest BCUT2D eigenvalue weighted by molar-refractivity contribution is -0.118. The van der Waals surface area contributed by atoms with Crippen molar-refractivity contribution in [2.24, 2.45) is 10.1 Å². The number of aromatic amines is 1. The fraction of sp³-hybridized carbons (Fsp3) is 0.136. The Hall–Kier alpha value is -3.17. The summed E-state index contributed by atoms with van der Waals surface area (Å²) in [5, 5.41) is 10.7. The van der Waals surface area contributed by atoms with Gasteiger partial charge in [-0.25, -0.2) is 4.68 Å². The van der Waals surface area contributed by atoms with E-state index < -0.39 is 0 Å². The Morgan fingerprint density at radius 2 is 2.19 bits per heavy atom. The molecule has 1 aliphatic heterocycles. The van der Waals surface area contributed by atoms with Gasteiger partial charge in [0.05, 0.1) is 17.6 Å². The van der Waals surface area contributed by atoms with E-state index in [1.54, 1.807) is 0 Å². The number of fused-ring (bicyclic) bond motifs is 2. The fourth-order valence-electron chi connectivity index (χ4n) is 3.44. The summed E-state index contributed by atoms with van der Waals surface area (Å²) in [6.45, 7) is 2.69. The molecular formula is C22H18BrN5O2S. The van der Waals surface area contributed by atoms with Crippen LogP contribution in [0.4, 0.5) is 5.69 Å². The fourth-order valence-corrected chi connectivity index (χ4v) is 4.70. The van der Waals surface area contributed by atoms with Gasteiger partial charge in [-0.2, -0.15) is 5.10 Å². The predicted molar refractivity (Wildman–Crippen MR) is 127 cm³/mol. The highest BCUT2D eigenvalue weighted by Gasteiger charge is 2.17. The number of benzene rings is 2. The maximum atomic E-state index is 11.7. The van der Waals surface area contributed by atoms with Crippen LogP contribution in [0.3, 0.4) is 0 Å². The van der Waals surface area contributed by atoms with Gasteiger partial charge in [0.15, 0.2) is 6.61 Å². The molecule has 1 amide bonds. The Bertz CT molecular complexity index is 1400. The van der Waals surface area contributed by atoms with Crippen LogP contribution in [0.2, 0.25) is 0 Å². The van der Waals surface area contributed by atoms with Crippen molar-refractivity contribution in [3.8, 4) is 17.0 Å². The zero-order valence-corrected chi connectivity index (χ0v) is 19.0. The van der Waals surface area contributed by atoms with E-state index in [4.69, 9.17) is 9.84 Å². The summed E-state index contributed by atoms with van der Waals surface area (Å²) in [7, 11) is 0. The standard InChI is InChI=1S/C22H18BrN5O2S/c1-2-24-22-28(26-10-14-9-25-17-5-4-15(23)8-16(14)17)19(12-31-22)13-3-6-20-18(7-13)27-21(29)11-30-20/h3-10,12,25H,2,11H2,1H3,(H,27,29). The maximum absolute atomic E-state index is 11.7. The number of aromatic nitrogens is 2. The van der Waals surface area contributed by atoms with E-state index in [2.05, 4.69) is 37.3 Å². The van der Waals surface area contributed by atoms with Crippen LogP contribution in [-0.4, -0.2) is 34.9 Å². The molecule has 31 heavy (non-hydrogen) atoms. The number of H-pyrrole nitrogens is 1. The van der Waals surface area contributed by atoms with Gasteiger partial charge in [0, 0.05) is 44.6 Å². The minimum absolute atomic E-state index is 0.0371.